The first kappa shape index (κ1) is 13.1. The summed E-state index contributed by atoms with van der Waals surface area (Å²) in [6.07, 6.45) is 1.79. The Bertz CT molecular complexity index is 332. The largest absolute Gasteiger partial charge is 0.388 e. The molecule has 1 aromatic heterocycles. The molecule has 1 unspecified atom stereocenters. The Morgan fingerprint density at radius 3 is 2.50 bits per heavy atom. The SMILES string of the molecule is CCCn1c(CO)nnc1C(C)(CC)OC. The summed E-state index contributed by atoms with van der Waals surface area (Å²) in [5.41, 5.74) is -0.435. The first-order valence-corrected chi connectivity index (χ1v) is 5.71. The van der Waals surface area contributed by atoms with E-state index in [9.17, 15) is 5.11 Å². The average Bonchev–Trinajstić information content (AvgIpc) is 2.72. The Morgan fingerprint density at radius 1 is 1.38 bits per heavy atom. The monoisotopic (exact) mass is 227 g/mol. The minimum absolute atomic E-state index is 0.0868. The molecule has 0 aliphatic heterocycles. The number of ether oxygens (including phenoxy) is 1. The van der Waals surface area contributed by atoms with Crippen LogP contribution in [-0.2, 0) is 23.5 Å². The van der Waals surface area contributed by atoms with E-state index < -0.39 is 5.60 Å². The molecular formula is C11H21N3O2. The maximum absolute atomic E-state index is 9.21. The standard InChI is InChI=1S/C11H21N3O2/c1-5-7-14-9(8-15)12-13-10(14)11(3,6-2)16-4/h15H,5-8H2,1-4H3. The maximum Gasteiger partial charge on any atom is 0.165 e. The molecule has 16 heavy (non-hydrogen) atoms. The molecule has 0 aliphatic carbocycles. The van der Waals surface area contributed by atoms with Crippen LogP contribution < -0.4 is 0 Å². The van der Waals surface area contributed by atoms with Gasteiger partial charge in [0.05, 0.1) is 0 Å². The molecule has 1 aromatic rings. The summed E-state index contributed by atoms with van der Waals surface area (Å²) in [7, 11) is 1.67. The normalized spacial score (nSPS) is 15.1. The first-order valence-electron chi connectivity index (χ1n) is 5.71. The van der Waals surface area contributed by atoms with E-state index in [0.717, 1.165) is 25.2 Å². The lowest BCUT2D eigenvalue weighted by molar-refractivity contribution is -0.0124. The smallest absolute Gasteiger partial charge is 0.165 e. The third-order valence-electron chi connectivity index (χ3n) is 3.01. The van der Waals surface area contributed by atoms with E-state index in [2.05, 4.69) is 17.1 Å². The Morgan fingerprint density at radius 2 is 2.06 bits per heavy atom. The number of aliphatic hydroxyl groups excluding tert-OH is 1. The second-order valence-corrected chi connectivity index (χ2v) is 4.04. The van der Waals surface area contributed by atoms with Gasteiger partial charge in [-0.25, -0.2) is 0 Å². The quantitative estimate of drug-likeness (QED) is 0.799. The van der Waals surface area contributed by atoms with Crippen LogP contribution in [0.4, 0.5) is 0 Å². The van der Waals surface area contributed by atoms with E-state index in [1.54, 1.807) is 7.11 Å². The Kier molecular flexibility index (Phi) is 4.44. The maximum atomic E-state index is 9.21. The highest BCUT2D eigenvalue weighted by Gasteiger charge is 2.31. The van der Waals surface area contributed by atoms with Crippen molar-refractivity contribution in [1.82, 2.24) is 14.8 Å². The minimum atomic E-state index is -0.435. The molecule has 1 atom stereocenters. The molecular weight excluding hydrogens is 206 g/mol. The van der Waals surface area contributed by atoms with Crippen LogP contribution in [0.25, 0.3) is 0 Å². The molecule has 1 heterocycles. The van der Waals surface area contributed by atoms with Gasteiger partial charge in [-0.1, -0.05) is 13.8 Å². The molecule has 0 bridgehead atoms. The molecule has 0 radical (unpaired) electrons. The summed E-state index contributed by atoms with van der Waals surface area (Å²) in [5, 5.41) is 17.4. The fourth-order valence-corrected chi connectivity index (χ4v) is 1.70. The predicted octanol–water partition coefficient (Wildman–Crippen LogP) is 1.45. The van der Waals surface area contributed by atoms with E-state index in [-0.39, 0.29) is 6.61 Å². The van der Waals surface area contributed by atoms with Crippen molar-refractivity contribution in [2.45, 2.75) is 52.4 Å². The highest BCUT2D eigenvalue weighted by Crippen LogP contribution is 2.27. The van der Waals surface area contributed by atoms with Gasteiger partial charge >= 0.3 is 0 Å². The number of aliphatic hydroxyl groups is 1. The first-order chi connectivity index (χ1) is 7.62. The van der Waals surface area contributed by atoms with Crippen molar-refractivity contribution in [3.8, 4) is 0 Å². The molecule has 92 valence electrons. The Labute approximate surface area is 96.5 Å². The van der Waals surface area contributed by atoms with Crippen LogP contribution in [0.2, 0.25) is 0 Å². The van der Waals surface area contributed by atoms with Crippen molar-refractivity contribution < 1.29 is 9.84 Å². The van der Waals surface area contributed by atoms with Crippen molar-refractivity contribution >= 4 is 0 Å². The summed E-state index contributed by atoms with van der Waals surface area (Å²) in [4.78, 5) is 0. The number of hydrogen-bond acceptors (Lipinski definition) is 4. The van der Waals surface area contributed by atoms with Gasteiger partial charge in [0.2, 0.25) is 0 Å². The molecule has 0 saturated heterocycles. The highest BCUT2D eigenvalue weighted by atomic mass is 16.5. The number of nitrogens with zero attached hydrogens (tertiary/aromatic N) is 3. The predicted molar refractivity (Wildman–Crippen MR) is 60.9 cm³/mol. The van der Waals surface area contributed by atoms with Crippen LogP contribution in [0.15, 0.2) is 0 Å². The van der Waals surface area contributed by atoms with Crippen molar-refractivity contribution in [2.24, 2.45) is 0 Å². The zero-order valence-corrected chi connectivity index (χ0v) is 10.5. The van der Waals surface area contributed by atoms with Gasteiger partial charge in [-0.15, -0.1) is 10.2 Å². The Balaban J connectivity index is 3.16. The fourth-order valence-electron chi connectivity index (χ4n) is 1.70. The zero-order chi connectivity index (χ0) is 12.2. The lowest BCUT2D eigenvalue weighted by Crippen LogP contribution is -2.28. The van der Waals surface area contributed by atoms with E-state index in [0.29, 0.717) is 5.82 Å². The molecule has 5 nitrogen and oxygen atoms in total. The number of methoxy groups -OCH3 is 1. The number of hydrogen-bond donors (Lipinski definition) is 1. The van der Waals surface area contributed by atoms with Crippen LogP contribution in [0, 0.1) is 0 Å². The lowest BCUT2D eigenvalue weighted by Gasteiger charge is -2.26. The van der Waals surface area contributed by atoms with E-state index in [1.165, 1.54) is 0 Å². The van der Waals surface area contributed by atoms with Crippen LogP contribution >= 0.6 is 0 Å². The number of aromatic nitrogens is 3. The third-order valence-corrected chi connectivity index (χ3v) is 3.01. The second kappa shape index (κ2) is 5.41. The van der Waals surface area contributed by atoms with Crippen molar-refractivity contribution in [1.29, 1.82) is 0 Å². The summed E-state index contributed by atoms with van der Waals surface area (Å²) in [5.74, 6) is 1.40. The van der Waals surface area contributed by atoms with Crippen LogP contribution in [0.1, 0.15) is 45.3 Å². The fraction of sp³-hybridized carbons (Fsp3) is 0.818. The van der Waals surface area contributed by atoms with Crippen molar-refractivity contribution in [3.05, 3.63) is 11.6 Å². The van der Waals surface area contributed by atoms with E-state index in [1.807, 2.05) is 18.4 Å². The molecule has 1 rings (SSSR count). The number of rotatable bonds is 6. The molecule has 0 amide bonds. The topological polar surface area (TPSA) is 60.2 Å². The molecule has 0 aliphatic rings. The van der Waals surface area contributed by atoms with Gasteiger partial charge in [0.15, 0.2) is 11.6 Å². The second-order valence-electron chi connectivity index (χ2n) is 4.04. The van der Waals surface area contributed by atoms with E-state index >= 15 is 0 Å². The van der Waals surface area contributed by atoms with Crippen molar-refractivity contribution in [3.63, 3.8) is 0 Å². The molecule has 0 fully saturated rings. The van der Waals surface area contributed by atoms with Gasteiger partial charge in [-0.3, -0.25) is 0 Å². The molecule has 5 heteroatoms. The zero-order valence-electron chi connectivity index (χ0n) is 10.5. The molecule has 0 saturated carbocycles. The third kappa shape index (κ3) is 2.25. The van der Waals surface area contributed by atoms with Crippen LogP contribution in [-0.4, -0.2) is 27.0 Å². The summed E-state index contributed by atoms with van der Waals surface area (Å²) < 4.78 is 7.46. The molecule has 0 aromatic carbocycles. The van der Waals surface area contributed by atoms with Gasteiger partial charge < -0.3 is 14.4 Å². The van der Waals surface area contributed by atoms with Gasteiger partial charge in [-0.2, -0.15) is 0 Å². The molecule has 0 spiro atoms. The average molecular weight is 227 g/mol. The van der Waals surface area contributed by atoms with Gasteiger partial charge in [0, 0.05) is 13.7 Å². The van der Waals surface area contributed by atoms with Crippen LogP contribution in [0.5, 0.6) is 0 Å². The minimum Gasteiger partial charge on any atom is -0.388 e. The Hall–Kier alpha value is -0.940. The summed E-state index contributed by atoms with van der Waals surface area (Å²) in [6, 6.07) is 0. The lowest BCUT2D eigenvalue weighted by atomic mass is 10.0. The van der Waals surface area contributed by atoms with Gasteiger partial charge in [0.1, 0.15) is 12.2 Å². The summed E-state index contributed by atoms with van der Waals surface area (Å²) >= 11 is 0. The van der Waals surface area contributed by atoms with Crippen LogP contribution in [0.3, 0.4) is 0 Å². The summed E-state index contributed by atoms with van der Waals surface area (Å²) in [6.45, 7) is 6.84. The van der Waals surface area contributed by atoms with Crippen molar-refractivity contribution in [2.75, 3.05) is 7.11 Å². The highest BCUT2D eigenvalue weighted by molar-refractivity contribution is 5.04. The van der Waals surface area contributed by atoms with Gasteiger partial charge in [-0.05, 0) is 19.8 Å². The molecule has 1 N–H and O–H groups in total. The van der Waals surface area contributed by atoms with E-state index in [4.69, 9.17) is 4.74 Å². The van der Waals surface area contributed by atoms with Gasteiger partial charge in [0.25, 0.3) is 0 Å².